The molecule has 2 rings (SSSR count). The van der Waals surface area contributed by atoms with Crippen LogP contribution >= 0.6 is 0 Å². The molecule has 0 aliphatic heterocycles. The highest BCUT2D eigenvalue weighted by Crippen LogP contribution is 2.30. The van der Waals surface area contributed by atoms with Crippen LogP contribution in [0.4, 0.5) is 13.2 Å². The average Bonchev–Trinajstić information content (AvgIpc) is 2.37. The highest BCUT2D eigenvalue weighted by Gasteiger charge is 2.30. The van der Waals surface area contributed by atoms with Crippen LogP contribution in [0.15, 0.2) is 35.1 Å². The second-order valence-electron chi connectivity index (χ2n) is 4.25. The summed E-state index contributed by atoms with van der Waals surface area (Å²) in [5, 5.41) is 14.3. The van der Waals surface area contributed by atoms with E-state index in [0.29, 0.717) is 0 Å². The van der Waals surface area contributed by atoms with Gasteiger partial charge in [-0.15, -0.1) is 0 Å². The average molecular weight is 297 g/mol. The van der Waals surface area contributed by atoms with Gasteiger partial charge in [0.15, 0.2) is 5.69 Å². The Hall–Kier alpha value is -2.64. The van der Waals surface area contributed by atoms with Crippen LogP contribution in [0.3, 0.4) is 0 Å². The van der Waals surface area contributed by atoms with Crippen molar-refractivity contribution in [3.05, 3.63) is 57.5 Å². The maximum Gasteiger partial charge on any atom is 0.416 e. The van der Waals surface area contributed by atoms with E-state index in [1.165, 1.54) is 13.0 Å². The Morgan fingerprint density at radius 2 is 1.95 bits per heavy atom. The van der Waals surface area contributed by atoms with E-state index in [-0.39, 0.29) is 11.4 Å². The lowest BCUT2D eigenvalue weighted by molar-refractivity contribution is -0.255. The van der Waals surface area contributed by atoms with Crippen molar-refractivity contribution in [2.24, 2.45) is 0 Å². The van der Waals surface area contributed by atoms with Crippen molar-refractivity contribution in [2.45, 2.75) is 13.1 Å². The van der Waals surface area contributed by atoms with E-state index in [4.69, 9.17) is 0 Å². The van der Waals surface area contributed by atoms with Crippen LogP contribution < -0.4 is 10.5 Å². The monoisotopic (exact) mass is 297 g/mol. The molecule has 0 aliphatic carbocycles. The lowest BCUT2D eigenvalue weighted by Crippen LogP contribution is -2.32. The fourth-order valence-electron chi connectivity index (χ4n) is 1.76. The molecule has 0 saturated heterocycles. The first-order valence-electron chi connectivity index (χ1n) is 5.70. The Morgan fingerprint density at radius 1 is 1.29 bits per heavy atom. The summed E-state index contributed by atoms with van der Waals surface area (Å²) in [7, 11) is 0. The van der Waals surface area contributed by atoms with Crippen molar-refractivity contribution in [2.75, 3.05) is 0 Å². The number of carbonyl (C=O) groups excluding carboxylic acids is 1. The minimum absolute atomic E-state index is 0.00942. The van der Waals surface area contributed by atoms with Crippen molar-refractivity contribution in [1.82, 2.24) is 9.78 Å². The van der Waals surface area contributed by atoms with Crippen LogP contribution in [-0.4, -0.2) is 15.7 Å². The molecule has 8 heteroatoms. The lowest BCUT2D eigenvalue weighted by Gasteiger charge is -2.13. The molecule has 0 radical (unpaired) electrons. The molecule has 0 bridgehead atoms. The summed E-state index contributed by atoms with van der Waals surface area (Å²) in [6.07, 6.45) is -4.54. The summed E-state index contributed by atoms with van der Waals surface area (Å²) in [4.78, 5) is 22.2. The molecule has 0 N–H and O–H groups in total. The van der Waals surface area contributed by atoms with Gasteiger partial charge < -0.3 is 9.90 Å². The Bertz CT molecular complexity index is 766. The molecule has 1 aromatic carbocycles. The SMILES string of the molecule is Cc1cc(=O)c(C(=O)[O-])nn1-c1cccc(C(F)(F)F)c1. The first-order chi connectivity index (χ1) is 9.70. The smallest absolute Gasteiger partial charge is 0.416 e. The first-order valence-corrected chi connectivity index (χ1v) is 5.70. The summed E-state index contributed by atoms with van der Waals surface area (Å²) >= 11 is 0. The van der Waals surface area contributed by atoms with Crippen molar-refractivity contribution in [3.8, 4) is 5.69 Å². The fraction of sp³-hybridized carbons (Fsp3) is 0.154. The molecule has 21 heavy (non-hydrogen) atoms. The molecule has 0 unspecified atom stereocenters. The number of aromatic carboxylic acids is 1. The number of carbonyl (C=O) groups is 1. The van der Waals surface area contributed by atoms with E-state index >= 15 is 0 Å². The second-order valence-corrected chi connectivity index (χ2v) is 4.25. The number of alkyl halides is 3. The zero-order valence-corrected chi connectivity index (χ0v) is 10.6. The number of carboxylic acids is 1. The number of nitrogens with zero attached hydrogens (tertiary/aromatic N) is 2. The van der Waals surface area contributed by atoms with E-state index in [1.807, 2.05) is 0 Å². The number of hydrogen-bond acceptors (Lipinski definition) is 4. The topological polar surface area (TPSA) is 75.0 Å². The molecule has 0 saturated carbocycles. The number of rotatable bonds is 2. The van der Waals surface area contributed by atoms with Gasteiger partial charge in [0.2, 0.25) is 5.43 Å². The quantitative estimate of drug-likeness (QED) is 0.826. The van der Waals surface area contributed by atoms with Gasteiger partial charge in [0.05, 0.1) is 17.2 Å². The molecular weight excluding hydrogens is 289 g/mol. The predicted octanol–water partition coefficient (Wildman–Crippen LogP) is 0.923. The Balaban J connectivity index is 2.65. The van der Waals surface area contributed by atoms with Crippen molar-refractivity contribution < 1.29 is 23.1 Å². The van der Waals surface area contributed by atoms with E-state index in [0.717, 1.165) is 28.9 Å². The fourth-order valence-corrected chi connectivity index (χ4v) is 1.76. The molecular formula is C13H8F3N2O3-. The highest BCUT2D eigenvalue weighted by molar-refractivity contribution is 5.83. The van der Waals surface area contributed by atoms with Gasteiger partial charge in [-0.3, -0.25) is 4.79 Å². The maximum absolute atomic E-state index is 12.7. The maximum atomic E-state index is 12.7. The van der Waals surface area contributed by atoms with Gasteiger partial charge in [-0.25, -0.2) is 4.68 Å². The number of aryl methyl sites for hydroxylation is 1. The van der Waals surface area contributed by atoms with E-state index < -0.39 is 28.8 Å². The third-order valence-electron chi connectivity index (χ3n) is 2.72. The molecule has 0 aliphatic rings. The molecule has 0 amide bonds. The number of halogens is 3. The third-order valence-corrected chi connectivity index (χ3v) is 2.72. The van der Waals surface area contributed by atoms with Crippen LogP contribution in [0.25, 0.3) is 5.69 Å². The summed E-state index contributed by atoms with van der Waals surface area (Å²) in [5.41, 5.74) is -2.45. The number of aromatic nitrogens is 2. The van der Waals surface area contributed by atoms with Gasteiger partial charge >= 0.3 is 6.18 Å². The summed E-state index contributed by atoms with van der Waals surface area (Å²) in [5.74, 6) is -1.79. The molecule has 1 aromatic heterocycles. The van der Waals surface area contributed by atoms with E-state index in [2.05, 4.69) is 5.10 Å². The molecule has 0 atom stereocenters. The predicted molar refractivity (Wildman–Crippen MR) is 63.9 cm³/mol. The number of benzene rings is 1. The highest BCUT2D eigenvalue weighted by atomic mass is 19.4. The van der Waals surface area contributed by atoms with Crippen molar-refractivity contribution >= 4 is 5.97 Å². The van der Waals surface area contributed by atoms with E-state index in [9.17, 15) is 27.9 Å². The Labute approximate surface area is 116 Å². The zero-order chi connectivity index (χ0) is 15.8. The molecule has 110 valence electrons. The normalized spacial score (nSPS) is 11.4. The second kappa shape index (κ2) is 5.04. The molecule has 2 aromatic rings. The molecule has 0 fully saturated rings. The molecule has 5 nitrogen and oxygen atoms in total. The largest absolute Gasteiger partial charge is 0.543 e. The van der Waals surface area contributed by atoms with Gasteiger partial charge in [0.25, 0.3) is 0 Å². The minimum Gasteiger partial charge on any atom is -0.543 e. The summed E-state index contributed by atoms with van der Waals surface area (Å²) in [6.45, 7) is 1.42. The summed E-state index contributed by atoms with van der Waals surface area (Å²) in [6, 6.07) is 5.14. The van der Waals surface area contributed by atoms with E-state index in [1.54, 1.807) is 0 Å². The molecule has 1 heterocycles. The Kier molecular flexibility index (Phi) is 3.54. The standard InChI is InChI=1S/C13H9F3N2O3/c1-7-5-10(19)11(12(20)21)17-18(7)9-4-2-3-8(6-9)13(14,15)16/h2-6H,1H3,(H,20,21)/p-1. The zero-order valence-electron chi connectivity index (χ0n) is 10.6. The summed E-state index contributed by atoms with van der Waals surface area (Å²) < 4.78 is 39.0. The number of carboxylic acid groups (broad SMARTS) is 1. The van der Waals surface area contributed by atoms with Gasteiger partial charge in [-0.2, -0.15) is 18.3 Å². The van der Waals surface area contributed by atoms with Crippen LogP contribution in [0.2, 0.25) is 0 Å². The molecule has 0 spiro atoms. The number of hydrogen-bond donors (Lipinski definition) is 0. The van der Waals surface area contributed by atoms with Crippen molar-refractivity contribution in [3.63, 3.8) is 0 Å². The Morgan fingerprint density at radius 3 is 2.52 bits per heavy atom. The third kappa shape index (κ3) is 2.93. The first kappa shape index (κ1) is 14.8. The van der Waals surface area contributed by atoms with Crippen LogP contribution in [-0.2, 0) is 6.18 Å². The van der Waals surface area contributed by atoms with Gasteiger partial charge in [0, 0.05) is 11.8 Å². The van der Waals surface area contributed by atoms with Gasteiger partial charge in [-0.1, -0.05) is 6.07 Å². The van der Waals surface area contributed by atoms with Gasteiger partial charge in [-0.05, 0) is 25.1 Å². The van der Waals surface area contributed by atoms with Crippen LogP contribution in [0, 0.1) is 6.92 Å². The van der Waals surface area contributed by atoms with Crippen LogP contribution in [0.1, 0.15) is 21.7 Å². The minimum atomic E-state index is -4.54. The van der Waals surface area contributed by atoms with Crippen LogP contribution in [0.5, 0.6) is 0 Å². The lowest BCUT2D eigenvalue weighted by atomic mass is 10.2. The van der Waals surface area contributed by atoms with Gasteiger partial charge in [0.1, 0.15) is 0 Å². The van der Waals surface area contributed by atoms with Crippen molar-refractivity contribution in [1.29, 1.82) is 0 Å².